The summed E-state index contributed by atoms with van der Waals surface area (Å²) in [6.07, 6.45) is 0. The maximum Gasteiger partial charge on any atom is -0.00137 e. The van der Waals surface area contributed by atoms with E-state index in [0.717, 1.165) is 0 Å². The lowest BCUT2D eigenvalue weighted by Gasteiger charge is -2.22. The fourth-order valence-electron chi connectivity index (χ4n) is 9.88. The Morgan fingerprint density at radius 2 is 0.569 bits per heavy atom. The molecule has 0 aromatic heterocycles. The molecule has 0 atom stereocenters. The third kappa shape index (κ3) is 4.95. The third-order valence-electron chi connectivity index (χ3n) is 12.4. The maximum atomic E-state index is 2.38. The highest BCUT2D eigenvalue weighted by Crippen LogP contribution is 2.50. The van der Waals surface area contributed by atoms with Gasteiger partial charge in [-0.15, -0.1) is 0 Å². The fraction of sp³-hybridized carbons (Fsp3) is 0. The predicted octanol–water partition coefficient (Wildman–Crippen LogP) is 16.4. The van der Waals surface area contributed by atoms with Crippen LogP contribution in [0.15, 0.2) is 218 Å². The molecule has 0 heteroatoms. The van der Waals surface area contributed by atoms with Gasteiger partial charge in [0.2, 0.25) is 0 Å². The summed E-state index contributed by atoms with van der Waals surface area (Å²) in [7, 11) is 0. The smallest absolute Gasteiger partial charge is 0.00137 e. The van der Waals surface area contributed by atoms with Crippen molar-refractivity contribution in [2.45, 2.75) is 0 Å². The van der Waals surface area contributed by atoms with Crippen molar-refractivity contribution < 1.29 is 0 Å². The second-order valence-electron chi connectivity index (χ2n) is 15.5. The summed E-state index contributed by atoms with van der Waals surface area (Å²) < 4.78 is 0. The average Bonchev–Trinajstić information content (AvgIpc) is 3.30. The summed E-state index contributed by atoms with van der Waals surface area (Å²) >= 11 is 0. The number of hydrogen-bond donors (Lipinski definition) is 0. The van der Waals surface area contributed by atoms with Gasteiger partial charge in [-0.3, -0.25) is 0 Å². The molecule has 0 radical (unpaired) electrons. The quantitative estimate of drug-likeness (QED) is 0.122. The van der Waals surface area contributed by atoms with Crippen LogP contribution in [0, 0.1) is 0 Å². The second-order valence-corrected chi connectivity index (χ2v) is 15.5. The zero-order chi connectivity index (χ0) is 38.2. The van der Waals surface area contributed by atoms with Crippen molar-refractivity contribution in [3.63, 3.8) is 0 Å². The SMILES string of the molecule is c1ccc(-c2cc(-c3ccccc3)cc(-c3ccc(-c4c5ccccc5c5c6ccc(-c7ccccc7)c7cccc(c8cccc4c85)c76)c4ccccc34)c2)cc1. The zero-order valence-electron chi connectivity index (χ0n) is 31.8. The number of rotatable bonds is 5. The van der Waals surface area contributed by atoms with E-state index in [1.165, 1.54) is 120 Å². The Balaban J connectivity index is 1.15. The molecule has 58 heavy (non-hydrogen) atoms. The Morgan fingerprint density at radius 3 is 1.22 bits per heavy atom. The van der Waals surface area contributed by atoms with Gasteiger partial charge in [0.05, 0.1) is 0 Å². The standard InChI is InChI=1S/C58H36/c1-4-16-37(17-5-1)40-34-41(38-18-6-2-7-19-38)36-42(35-40)44-30-32-52(46-23-11-10-22-45(44)46)56-48-24-12-13-25-50(48)58-54-33-31-43(39-20-8-3-9-21-39)47-26-14-27-49(55(47)54)51-28-15-29-53(56)57(51)58/h1-36H. The van der Waals surface area contributed by atoms with E-state index < -0.39 is 0 Å². The van der Waals surface area contributed by atoms with E-state index in [1.807, 2.05) is 0 Å². The first-order valence-corrected chi connectivity index (χ1v) is 20.2. The van der Waals surface area contributed by atoms with Gasteiger partial charge in [0.15, 0.2) is 0 Å². The monoisotopic (exact) mass is 732 g/mol. The minimum absolute atomic E-state index is 1.21. The minimum atomic E-state index is 1.21. The molecule has 0 saturated carbocycles. The van der Waals surface area contributed by atoms with Gasteiger partial charge in [-0.2, -0.15) is 0 Å². The molecular formula is C58H36. The van der Waals surface area contributed by atoms with Crippen molar-refractivity contribution in [3.05, 3.63) is 218 Å². The normalized spacial score (nSPS) is 11.8. The van der Waals surface area contributed by atoms with Gasteiger partial charge in [0.1, 0.15) is 0 Å². The van der Waals surface area contributed by atoms with Crippen LogP contribution >= 0.6 is 0 Å². The molecule has 268 valence electrons. The van der Waals surface area contributed by atoms with E-state index in [9.17, 15) is 0 Å². The highest BCUT2D eigenvalue weighted by Gasteiger charge is 2.22. The maximum absolute atomic E-state index is 2.38. The van der Waals surface area contributed by atoms with Gasteiger partial charge >= 0.3 is 0 Å². The summed E-state index contributed by atoms with van der Waals surface area (Å²) in [4.78, 5) is 0. The van der Waals surface area contributed by atoms with Crippen LogP contribution in [-0.2, 0) is 0 Å². The summed E-state index contributed by atoms with van der Waals surface area (Å²) in [5.74, 6) is 0. The van der Waals surface area contributed by atoms with Gasteiger partial charge in [-0.1, -0.05) is 200 Å². The summed E-state index contributed by atoms with van der Waals surface area (Å²) in [6.45, 7) is 0. The summed E-state index contributed by atoms with van der Waals surface area (Å²) in [5.41, 5.74) is 12.4. The van der Waals surface area contributed by atoms with E-state index in [4.69, 9.17) is 0 Å². The Kier molecular flexibility index (Phi) is 7.33. The van der Waals surface area contributed by atoms with Crippen LogP contribution in [0.2, 0.25) is 0 Å². The summed E-state index contributed by atoms with van der Waals surface area (Å²) in [5, 5.41) is 15.6. The van der Waals surface area contributed by atoms with Crippen molar-refractivity contribution in [1.82, 2.24) is 0 Å². The van der Waals surface area contributed by atoms with Crippen LogP contribution in [-0.4, -0.2) is 0 Å². The molecule has 0 fully saturated rings. The van der Waals surface area contributed by atoms with Crippen molar-refractivity contribution >= 4 is 64.6 Å². The third-order valence-corrected chi connectivity index (χ3v) is 12.4. The van der Waals surface area contributed by atoms with E-state index in [0.29, 0.717) is 0 Å². The van der Waals surface area contributed by atoms with Crippen molar-refractivity contribution in [2.75, 3.05) is 0 Å². The van der Waals surface area contributed by atoms with Crippen LogP contribution in [0.4, 0.5) is 0 Å². The molecular weight excluding hydrogens is 697 g/mol. The molecule has 0 saturated heterocycles. The molecule has 0 nitrogen and oxygen atoms in total. The lowest BCUT2D eigenvalue weighted by atomic mass is 9.81. The van der Waals surface area contributed by atoms with Gasteiger partial charge in [-0.05, 0) is 138 Å². The van der Waals surface area contributed by atoms with Gasteiger partial charge < -0.3 is 0 Å². The van der Waals surface area contributed by atoms with Crippen LogP contribution in [0.5, 0.6) is 0 Å². The molecule has 0 aliphatic carbocycles. The van der Waals surface area contributed by atoms with E-state index in [1.54, 1.807) is 0 Å². The molecule has 0 bridgehead atoms. The molecule has 0 amide bonds. The average molecular weight is 733 g/mol. The molecule has 0 aliphatic heterocycles. The number of benzene rings is 12. The number of fused-ring (bicyclic) bond motifs is 5. The highest BCUT2D eigenvalue weighted by molar-refractivity contribution is 6.41. The molecule has 0 unspecified atom stereocenters. The molecule has 0 N–H and O–H groups in total. The zero-order valence-corrected chi connectivity index (χ0v) is 31.8. The lowest BCUT2D eigenvalue weighted by molar-refractivity contribution is 1.57. The topological polar surface area (TPSA) is 0 Å². The van der Waals surface area contributed by atoms with Gasteiger partial charge in [0, 0.05) is 0 Å². The first-order valence-electron chi connectivity index (χ1n) is 20.2. The summed E-state index contributed by atoms with van der Waals surface area (Å²) in [6, 6.07) is 80.7. The fourth-order valence-corrected chi connectivity index (χ4v) is 9.88. The molecule has 12 aromatic carbocycles. The molecule has 0 aliphatic rings. The minimum Gasteiger partial charge on any atom is -0.0622 e. The van der Waals surface area contributed by atoms with E-state index in [-0.39, 0.29) is 0 Å². The molecule has 0 heterocycles. The first kappa shape index (κ1) is 32.7. The Hall–Kier alpha value is -7.54. The Labute approximate surface area is 337 Å². The van der Waals surface area contributed by atoms with Crippen molar-refractivity contribution in [1.29, 1.82) is 0 Å². The predicted molar refractivity (Wildman–Crippen MR) is 250 cm³/mol. The van der Waals surface area contributed by atoms with Crippen LogP contribution in [0.3, 0.4) is 0 Å². The van der Waals surface area contributed by atoms with E-state index in [2.05, 4.69) is 218 Å². The largest absolute Gasteiger partial charge is 0.0622 e. The number of hydrogen-bond acceptors (Lipinski definition) is 0. The van der Waals surface area contributed by atoms with Crippen molar-refractivity contribution in [3.8, 4) is 55.6 Å². The molecule has 0 spiro atoms. The highest BCUT2D eigenvalue weighted by atomic mass is 14.2. The van der Waals surface area contributed by atoms with E-state index >= 15 is 0 Å². The molecule has 12 aromatic rings. The van der Waals surface area contributed by atoms with Gasteiger partial charge in [0.25, 0.3) is 0 Å². The van der Waals surface area contributed by atoms with Gasteiger partial charge in [-0.25, -0.2) is 0 Å². The van der Waals surface area contributed by atoms with Crippen molar-refractivity contribution in [2.24, 2.45) is 0 Å². The van der Waals surface area contributed by atoms with Crippen LogP contribution < -0.4 is 0 Å². The first-order chi connectivity index (χ1) is 28.8. The molecule has 12 rings (SSSR count). The van der Waals surface area contributed by atoms with Crippen LogP contribution in [0.25, 0.3) is 120 Å². The van der Waals surface area contributed by atoms with Crippen LogP contribution in [0.1, 0.15) is 0 Å². The lowest BCUT2D eigenvalue weighted by Crippen LogP contribution is -1.94. The second kappa shape index (κ2) is 13.0. The Bertz CT molecular complexity index is 3470. The Morgan fingerprint density at radius 1 is 0.172 bits per heavy atom.